The molecule has 2 aromatic heterocycles. The number of carbonyl (C=O) groups excluding carboxylic acids is 1. The summed E-state index contributed by atoms with van der Waals surface area (Å²) in [5.41, 5.74) is 0.432. The largest absolute Gasteiger partial charge is 0.390 e. The predicted octanol–water partition coefficient (Wildman–Crippen LogP) is -0.134. The number of aliphatic hydroxyl groups is 1. The van der Waals surface area contributed by atoms with E-state index in [0.717, 1.165) is 0 Å². The number of amides is 1. The van der Waals surface area contributed by atoms with Crippen molar-refractivity contribution in [3.8, 4) is 0 Å². The van der Waals surface area contributed by atoms with Crippen LogP contribution in [-0.2, 0) is 17.9 Å². The summed E-state index contributed by atoms with van der Waals surface area (Å²) in [6.07, 6.45) is 3.13. The maximum Gasteiger partial charge on any atom is 0.247 e. The summed E-state index contributed by atoms with van der Waals surface area (Å²) in [5.74, 6) is -0.232. The summed E-state index contributed by atoms with van der Waals surface area (Å²) in [6, 6.07) is 0. The van der Waals surface area contributed by atoms with E-state index in [2.05, 4.69) is 20.6 Å². The number of hydrogen-bond donors (Lipinski definition) is 2. The van der Waals surface area contributed by atoms with Gasteiger partial charge >= 0.3 is 0 Å². The number of anilines is 1. The minimum absolute atomic E-state index is 0.0482. The number of hydrogen-bond acceptors (Lipinski definition) is 6. The molecule has 0 saturated carbocycles. The molecule has 0 spiro atoms. The summed E-state index contributed by atoms with van der Waals surface area (Å²) in [5, 5.41) is 21.0. The van der Waals surface area contributed by atoms with E-state index >= 15 is 0 Å². The minimum atomic E-state index is -0.232. The van der Waals surface area contributed by atoms with Crippen molar-refractivity contribution >= 4 is 22.4 Å². The summed E-state index contributed by atoms with van der Waals surface area (Å²) in [7, 11) is 0. The van der Waals surface area contributed by atoms with Crippen LogP contribution >= 0.6 is 11.3 Å². The lowest BCUT2D eigenvalue weighted by Gasteiger charge is -2.00. The van der Waals surface area contributed by atoms with Gasteiger partial charge in [-0.25, -0.2) is 9.67 Å². The van der Waals surface area contributed by atoms with Crippen molar-refractivity contribution in [3.05, 3.63) is 23.5 Å². The Labute approximate surface area is 94.7 Å². The fourth-order valence-corrected chi connectivity index (χ4v) is 1.62. The van der Waals surface area contributed by atoms with Gasteiger partial charge in [0.05, 0.1) is 12.8 Å². The Morgan fingerprint density at radius 3 is 3.12 bits per heavy atom. The van der Waals surface area contributed by atoms with Crippen LogP contribution in [0.15, 0.2) is 17.8 Å². The second-order valence-corrected chi connectivity index (χ2v) is 3.85. The Balaban J connectivity index is 1.92. The molecule has 0 aromatic carbocycles. The molecule has 0 radical (unpaired) electrons. The second-order valence-electron chi connectivity index (χ2n) is 2.95. The first-order valence-corrected chi connectivity index (χ1v) is 5.35. The zero-order valence-corrected chi connectivity index (χ0v) is 9.02. The van der Waals surface area contributed by atoms with E-state index in [4.69, 9.17) is 5.11 Å². The summed E-state index contributed by atoms with van der Waals surface area (Å²) in [4.78, 5) is 15.4. The lowest BCUT2D eigenvalue weighted by Crippen LogP contribution is -2.18. The van der Waals surface area contributed by atoms with E-state index < -0.39 is 0 Å². The highest BCUT2D eigenvalue weighted by Crippen LogP contribution is 2.09. The molecule has 0 fully saturated rings. The number of nitrogens with one attached hydrogen (secondary N) is 1. The van der Waals surface area contributed by atoms with Gasteiger partial charge in [0.1, 0.15) is 12.2 Å². The molecule has 0 unspecified atom stereocenters. The maximum absolute atomic E-state index is 11.5. The zero-order valence-electron chi connectivity index (χ0n) is 8.20. The molecule has 16 heavy (non-hydrogen) atoms. The summed E-state index contributed by atoms with van der Waals surface area (Å²) in [6.45, 7) is -0.138. The lowest BCUT2D eigenvalue weighted by atomic mass is 10.5. The lowest BCUT2D eigenvalue weighted by molar-refractivity contribution is -0.116. The third kappa shape index (κ3) is 2.61. The van der Waals surface area contributed by atoms with Gasteiger partial charge in [-0.3, -0.25) is 4.79 Å². The first kappa shape index (κ1) is 10.7. The second kappa shape index (κ2) is 4.81. The van der Waals surface area contributed by atoms with E-state index in [1.54, 1.807) is 11.6 Å². The van der Waals surface area contributed by atoms with Crippen LogP contribution < -0.4 is 5.32 Å². The Bertz CT molecular complexity index is 466. The predicted molar refractivity (Wildman–Crippen MR) is 56.7 cm³/mol. The minimum Gasteiger partial charge on any atom is -0.390 e. The van der Waals surface area contributed by atoms with Crippen LogP contribution in [0.3, 0.4) is 0 Å². The van der Waals surface area contributed by atoms with Gasteiger partial charge in [-0.05, 0) is 0 Å². The van der Waals surface area contributed by atoms with E-state index in [1.165, 1.54) is 22.2 Å². The van der Waals surface area contributed by atoms with E-state index in [1.807, 2.05) is 0 Å². The molecule has 8 heteroatoms. The van der Waals surface area contributed by atoms with Gasteiger partial charge < -0.3 is 10.4 Å². The molecule has 0 atom stereocenters. The number of rotatable bonds is 4. The van der Waals surface area contributed by atoms with E-state index in [-0.39, 0.29) is 19.1 Å². The van der Waals surface area contributed by atoms with Gasteiger partial charge in [0.25, 0.3) is 0 Å². The van der Waals surface area contributed by atoms with Crippen molar-refractivity contribution < 1.29 is 9.90 Å². The molecule has 2 rings (SSSR count). The van der Waals surface area contributed by atoms with Gasteiger partial charge in [-0.1, -0.05) is 5.21 Å². The van der Waals surface area contributed by atoms with Crippen molar-refractivity contribution in [3.63, 3.8) is 0 Å². The molecule has 7 nitrogen and oxygen atoms in total. The SMILES string of the molecule is O=C(Cn1cc(CO)nn1)Nc1nccs1. The molecule has 0 saturated heterocycles. The fourth-order valence-electron chi connectivity index (χ4n) is 1.08. The van der Waals surface area contributed by atoms with Gasteiger partial charge in [-0.15, -0.1) is 16.4 Å². The van der Waals surface area contributed by atoms with E-state index in [0.29, 0.717) is 10.8 Å². The van der Waals surface area contributed by atoms with Gasteiger partial charge in [0, 0.05) is 11.6 Å². The van der Waals surface area contributed by atoms with Crippen LogP contribution in [0.1, 0.15) is 5.69 Å². The van der Waals surface area contributed by atoms with Crippen LogP contribution in [0.25, 0.3) is 0 Å². The Morgan fingerprint density at radius 1 is 1.62 bits per heavy atom. The normalized spacial score (nSPS) is 10.3. The van der Waals surface area contributed by atoms with Crippen molar-refractivity contribution in [2.24, 2.45) is 0 Å². The smallest absolute Gasteiger partial charge is 0.247 e. The maximum atomic E-state index is 11.5. The van der Waals surface area contributed by atoms with Crippen LogP contribution in [0.2, 0.25) is 0 Å². The first-order chi connectivity index (χ1) is 7.78. The molecular weight excluding hydrogens is 230 g/mol. The molecule has 2 N–H and O–H groups in total. The summed E-state index contributed by atoms with van der Waals surface area (Å²) >= 11 is 1.34. The average Bonchev–Trinajstić information content (AvgIpc) is 2.89. The molecule has 2 aromatic rings. The first-order valence-electron chi connectivity index (χ1n) is 4.47. The van der Waals surface area contributed by atoms with Crippen LogP contribution in [0, 0.1) is 0 Å². The standard InChI is InChI=1S/C8H9N5O2S/c14-5-6-3-13(12-11-6)4-7(15)10-8-9-1-2-16-8/h1-3,14H,4-5H2,(H,9,10,15). The van der Waals surface area contributed by atoms with Crippen LogP contribution in [0.4, 0.5) is 5.13 Å². The molecule has 0 aliphatic carbocycles. The van der Waals surface area contributed by atoms with E-state index in [9.17, 15) is 4.79 Å². The number of thiazole rings is 1. The van der Waals surface area contributed by atoms with Crippen LogP contribution in [-0.4, -0.2) is 31.0 Å². The molecule has 2 heterocycles. The quantitative estimate of drug-likeness (QED) is 0.775. The van der Waals surface area contributed by atoms with Crippen molar-refractivity contribution in [1.82, 2.24) is 20.0 Å². The third-order valence-electron chi connectivity index (χ3n) is 1.73. The molecular formula is C8H9N5O2S. The topological polar surface area (TPSA) is 92.9 Å². The van der Waals surface area contributed by atoms with Gasteiger partial charge in [0.2, 0.25) is 5.91 Å². The average molecular weight is 239 g/mol. The monoisotopic (exact) mass is 239 g/mol. The molecule has 0 aliphatic heterocycles. The Kier molecular flexibility index (Phi) is 3.22. The third-order valence-corrected chi connectivity index (χ3v) is 2.42. The van der Waals surface area contributed by atoms with Crippen molar-refractivity contribution in [2.45, 2.75) is 13.2 Å². The number of aromatic nitrogens is 4. The Hall–Kier alpha value is -1.80. The van der Waals surface area contributed by atoms with Gasteiger partial charge in [0.15, 0.2) is 5.13 Å². The molecule has 1 amide bonds. The fraction of sp³-hybridized carbons (Fsp3) is 0.250. The van der Waals surface area contributed by atoms with Crippen molar-refractivity contribution in [1.29, 1.82) is 0 Å². The zero-order chi connectivity index (χ0) is 11.4. The highest BCUT2D eigenvalue weighted by atomic mass is 32.1. The number of carbonyl (C=O) groups is 1. The number of aliphatic hydroxyl groups excluding tert-OH is 1. The molecule has 0 aliphatic rings. The highest BCUT2D eigenvalue weighted by molar-refractivity contribution is 7.13. The van der Waals surface area contributed by atoms with Crippen molar-refractivity contribution in [2.75, 3.05) is 5.32 Å². The Morgan fingerprint density at radius 2 is 2.50 bits per heavy atom. The van der Waals surface area contributed by atoms with Crippen LogP contribution in [0.5, 0.6) is 0 Å². The highest BCUT2D eigenvalue weighted by Gasteiger charge is 2.06. The molecule has 0 bridgehead atoms. The van der Waals surface area contributed by atoms with Gasteiger partial charge in [-0.2, -0.15) is 0 Å². The summed E-state index contributed by atoms with van der Waals surface area (Å²) < 4.78 is 1.36. The number of nitrogens with zero attached hydrogens (tertiary/aromatic N) is 4. The molecule has 84 valence electrons.